The third-order valence-electron chi connectivity index (χ3n) is 6.14. The number of aromatic nitrogens is 2. The summed E-state index contributed by atoms with van der Waals surface area (Å²) in [5.74, 6) is 0.597. The average Bonchev–Trinajstić information content (AvgIpc) is 2.79. The Balaban J connectivity index is 1.24. The van der Waals surface area contributed by atoms with Crippen molar-refractivity contribution in [2.75, 3.05) is 26.2 Å². The molecule has 1 saturated heterocycles. The van der Waals surface area contributed by atoms with Gasteiger partial charge in [0.25, 0.3) is 5.56 Å². The lowest BCUT2D eigenvalue weighted by atomic mass is 9.90. The van der Waals surface area contributed by atoms with Crippen molar-refractivity contribution < 1.29 is 4.79 Å². The molecule has 1 amide bonds. The van der Waals surface area contributed by atoms with Crippen molar-refractivity contribution in [3.8, 4) is 0 Å². The molecular formula is C25H30N4O2. The molecule has 6 heteroatoms. The second-order valence-electron chi connectivity index (χ2n) is 8.40. The van der Waals surface area contributed by atoms with Crippen molar-refractivity contribution >= 4 is 16.9 Å². The van der Waals surface area contributed by atoms with Gasteiger partial charge in [-0.25, -0.2) is 4.98 Å². The minimum atomic E-state index is -0.214. The van der Waals surface area contributed by atoms with Crippen molar-refractivity contribution in [1.29, 1.82) is 0 Å². The van der Waals surface area contributed by atoms with E-state index in [0.29, 0.717) is 17.8 Å². The fourth-order valence-corrected chi connectivity index (χ4v) is 4.39. The van der Waals surface area contributed by atoms with Crippen LogP contribution in [-0.4, -0.2) is 46.5 Å². The number of piperidine rings is 1. The van der Waals surface area contributed by atoms with E-state index < -0.39 is 0 Å². The Morgan fingerprint density at radius 2 is 1.77 bits per heavy atom. The maximum atomic E-state index is 12.5. The SMILES string of the molecule is Cc1nc2ccccc2n(CC(=O)NCCN2CCC(Cc3ccccc3)CC2)c1=O. The van der Waals surface area contributed by atoms with Crippen LogP contribution in [0.2, 0.25) is 0 Å². The van der Waals surface area contributed by atoms with E-state index in [2.05, 4.69) is 45.5 Å². The van der Waals surface area contributed by atoms with Crippen molar-refractivity contribution in [2.45, 2.75) is 32.7 Å². The molecule has 0 saturated carbocycles. The Morgan fingerprint density at radius 3 is 2.55 bits per heavy atom. The normalized spacial score (nSPS) is 15.3. The van der Waals surface area contributed by atoms with Crippen molar-refractivity contribution in [3.05, 3.63) is 76.2 Å². The number of rotatable bonds is 7. The fourth-order valence-electron chi connectivity index (χ4n) is 4.39. The summed E-state index contributed by atoms with van der Waals surface area (Å²) < 4.78 is 1.52. The molecule has 1 fully saturated rings. The largest absolute Gasteiger partial charge is 0.353 e. The monoisotopic (exact) mass is 418 g/mol. The van der Waals surface area contributed by atoms with Gasteiger partial charge in [0.15, 0.2) is 0 Å². The van der Waals surface area contributed by atoms with Gasteiger partial charge in [-0.2, -0.15) is 0 Å². The summed E-state index contributed by atoms with van der Waals surface area (Å²) in [5.41, 5.74) is 3.03. The number of carbonyl (C=O) groups is 1. The Bertz CT molecular complexity index is 1090. The minimum Gasteiger partial charge on any atom is -0.353 e. The number of nitrogens with one attached hydrogen (secondary N) is 1. The van der Waals surface area contributed by atoms with Crippen LogP contribution in [-0.2, 0) is 17.8 Å². The number of carbonyl (C=O) groups excluding carboxylic acids is 1. The highest BCUT2D eigenvalue weighted by Crippen LogP contribution is 2.21. The number of amides is 1. The van der Waals surface area contributed by atoms with E-state index >= 15 is 0 Å². The number of aryl methyl sites for hydroxylation is 1. The highest BCUT2D eigenvalue weighted by molar-refractivity contribution is 5.80. The van der Waals surface area contributed by atoms with Crippen molar-refractivity contribution in [2.24, 2.45) is 5.92 Å². The molecule has 0 aliphatic carbocycles. The van der Waals surface area contributed by atoms with Crippen LogP contribution in [0.1, 0.15) is 24.1 Å². The van der Waals surface area contributed by atoms with Gasteiger partial charge >= 0.3 is 0 Å². The van der Waals surface area contributed by atoms with Gasteiger partial charge in [0.1, 0.15) is 12.2 Å². The zero-order chi connectivity index (χ0) is 21.6. The number of para-hydroxylation sites is 2. The molecule has 31 heavy (non-hydrogen) atoms. The number of fused-ring (bicyclic) bond motifs is 1. The topological polar surface area (TPSA) is 67.2 Å². The first kappa shape index (κ1) is 21.2. The van der Waals surface area contributed by atoms with Gasteiger partial charge in [0.05, 0.1) is 11.0 Å². The first-order valence-corrected chi connectivity index (χ1v) is 11.1. The Labute approximate surface area is 182 Å². The Morgan fingerprint density at radius 1 is 1.06 bits per heavy atom. The van der Waals surface area contributed by atoms with Gasteiger partial charge in [-0.1, -0.05) is 42.5 Å². The van der Waals surface area contributed by atoms with E-state index in [4.69, 9.17) is 0 Å². The van der Waals surface area contributed by atoms with E-state index in [0.717, 1.165) is 37.5 Å². The van der Waals surface area contributed by atoms with Crippen LogP contribution in [0.15, 0.2) is 59.4 Å². The van der Waals surface area contributed by atoms with Gasteiger partial charge in [-0.3, -0.25) is 14.2 Å². The van der Waals surface area contributed by atoms with Gasteiger partial charge < -0.3 is 10.2 Å². The molecular weight excluding hydrogens is 388 g/mol. The lowest BCUT2D eigenvalue weighted by Crippen LogP contribution is -2.41. The predicted octanol–water partition coefficient (Wildman–Crippen LogP) is 2.78. The summed E-state index contributed by atoms with van der Waals surface area (Å²) >= 11 is 0. The minimum absolute atomic E-state index is 0.0157. The van der Waals surface area contributed by atoms with Crippen LogP contribution in [0.25, 0.3) is 11.0 Å². The van der Waals surface area contributed by atoms with Gasteiger partial charge in [0.2, 0.25) is 5.91 Å². The molecule has 0 spiro atoms. The number of nitrogens with zero attached hydrogens (tertiary/aromatic N) is 3. The fraction of sp³-hybridized carbons (Fsp3) is 0.400. The molecule has 2 aromatic carbocycles. The molecule has 1 aromatic heterocycles. The first-order chi connectivity index (χ1) is 15.1. The summed E-state index contributed by atoms with van der Waals surface area (Å²) in [6, 6.07) is 18.1. The number of hydrogen-bond donors (Lipinski definition) is 1. The van der Waals surface area contributed by atoms with E-state index in [-0.39, 0.29) is 18.0 Å². The number of likely N-dealkylation sites (tertiary alicyclic amines) is 1. The molecule has 1 N–H and O–H groups in total. The Hall–Kier alpha value is -2.99. The summed E-state index contributed by atoms with van der Waals surface area (Å²) in [4.78, 5) is 31.8. The Kier molecular flexibility index (Phi) is 6.77. The first-order valence-electron chi connectivity index (χ1n) is 11.1. The molecule has 2 heterocycles. The van der Waals surface area contributed by atoms with Crippen LogP contribution in [0.3, 0.4) is 0 Å². The predicted molar refractivity (Wildman–Crippen MR) is 123 cm³/mol. The molecule has 1 aliphatic heterocycles. The molecule has 4 rings (SSSR count). The zero-order valence-corrected chi connectivity index (χ0v) is 18.1. The summed E-state index contributed by atoms with van der Waals surface area (Å²) in [7, 11) is 0. The third kappa shape index (κ3) is 5.39. The molecule has 1 aliphatic rings. The molecule has 0 unspecified atom stereocenters. The lowest BCUT2D eigenvalue weighted by molar-refractivity contribution is -0.121. The second-order valence-corrected chi connectivity index (χ2v) is 8.40. The highest BCUT2D eigenvalue weighted by atomic mass is 16.2. The van der Waals surface area contributed by atoms with Gasteiger partial charge in [-0.05, 0) is 62.9 Å². The smallest absolute Gasteiger partial charge is 0.272 e. The van der Waals surface area contributed by atoms with Crippen LogP contribution in [0.5, 0.6) is 0 Å². The second kappa shape index (κ2) is 9.88. The van der Waals surface area contributed by atoms with Gasteiger partial charge in [0, 0.05) is 13.1 Å². The highest BCUT2D eigenvalue weighted by Gasteiger charge is 2.19. The van der Waals surface area contributed by atoms with Crippen LogP contribution < -0.4 is 10.9 Å². The van der Waals surface area contributed by atoms with E-state index in [1.165, 1.54) is 23.0 Å². The number of benzene rings is 2. The van der Waals surface area contributed by atoms with Crippen LogP contribution in [0.4, 0.5) is 0 Å². The summed E-state index contributed by atoms with van der Waals surface area (Å²) in [5, 5.41) is 2.98. The maximum absolute atomic E-state index is 12.5. The van der Waals surface area contributed by atoms with E-state index in [1.54, 1.807) is 6.92 Å². The lowest BCUT2D eigenvalue weighted by Gasteiger charge is -2.32. The maximum Gasteiger partial charge on any atom is 0.272 e. The van der Waals surface area contributed by atoms with Crippen LogP contribution in [0, 0.1) is 12.8 Å². The van der Waals surface area contributed by atoms with Crippen LogP contribution >= 0.6 is 0 Å². The van der Waals surface area contributed by atoms with E-state index in [9.17, 15) is 9.59 Å². The molecule has 0 atom stereocenters. The number of hydrogen-bond acceptors (Lipinski definition) is 4. The molecule has 3 aromatic rings. The standard InChI is InChI=1S/C25H30N4O2/c1-19-25(31)29(23-10-6-5-9-22(23)27-19)18-24(30)26-13-16-28-14-11-21(12-15-28)17-20-7-3-2-4-8-20/h2-10,21H,11-18H2,1H3,(H,26,30). The van der Waals surface area contributed by atoms with Gasteiger partial charge in [-0.15, -0.1) is 0 Å². The summed E-state index contributed by atoms with van der Waals surface area (Å²) in [6.45, 7) is 5.28. The zero-order valence-electron chi connectivity index (χ0n) is 18.1. The average molecular weight is 419 g/mol. The quantitative estimate of drug-likeness (QED) is 0.641. The molecule has 0 radical (unpaired) electrons. The summed E-state index contributed by atoms with van der Waals surface area (Å²) in [6.07, 6.45) is 3.54. The van der Waals surface area contributed by atoms with Crippen molar-refractivity contribution in [1.82, 2.24) is 19.8 Å². The molecule has 6 nitrogen and oxygen atoms in total. The third-order valence-corrected chi connectivity index (χ3v) is 6.14. The molecule has 0 bridgehead atoms. The van der Waals surface area contributed by atoms with Crippen molar-refractivity contribution in [3.63, 3.8) is 0 Å². The van der Waals surface area contributed by atoms with E-state index in [1.807, 2.05) is 24.3 Å². The molecule has 162 valence electrons.